The predicted molar refractivity (Wildman–Crippen MR) is 143 cm³/mol. The summed E-state index contributed by atoms with van der Waals surface area (Å²) in [5.74, 6) is 0. The number of alkyl halides is 1. The molecule has 4 aromatic carbocycles. The van der Waals surface area contributed by atoms with Crippen LogP contribution in [0.15, 0.2) is 145 Å². The molecule has 33 heavy (non-hydrogen) atoms. The number of halogens is 1. The van der Waals surface area contributed by atoms with Gasteiger partial charge in [0.25, 0.3) is 0 Å². The zero-order valence-electron chi connectivity index (χ0n) is 18.6. The first kappa shape index (κ1) is 21.7. The van der Waals surface area contributed by atoms with Gasteiger partial charge in [0.05, 0.1) is 5.41 Å². The second kappa shape index (κ2) is 9.37. The minimum atomic E-state index is -0.414. The summed E-state index contributed by atoms with van der Waals surface area (Å²) in [6.45, 7) is 0. The van der Waals surface area contributed by atoms with Crippen LogP contribution in [0.2, 0.25) is 0 Å². The Kier molecular flexibility index (Phi) is 6.15. The minimum Gasteiger partial charge on any atom is -0.0876 e. The standard InChI is InChI=1S/C32H27Br/c33-25-26-21-23-31(24-22-26,27-13-5-1-6-14-27)32(28-15-7-2-8-16-28,29-17-9-3-10-18-29)30-19-11-4-12-20-30/h1-23H,24-25H2. The van der Waals surface area contributed by atoms with Gasteiger partial charge in [-0.3, -0.25) is 0 Å². The maximum atomic E-state index is 3.67. The molecule has 4 aromatic rings. The summed E-state index contributed by atoms with van der Waals surface area (Å²) in [7, 11) is 0. The summed E-state index contributed by atoms with van der Waals surface area (Å²) in [6, 6.07) is 44.1. The number of allylic oxidation sites excluding steroid dienone is 4. The Morgan fingerprint density at radius 3 is 1.39 bits per heavy atom. The van der Waals surface area contributed by atoms with Crippen molar-refractivity contribution in [1.29, 1.82) is 0 Å². The van der Waals surface area contributed by atoms with Crippen LogP contribution in [0, 0.1) is 0 Å². The third-order valence-electron chi connectivity index (χ3n) is 7.00. The summed E-state index contributed by atoms with van der Waals surface area (Å²) in [6.07, 6.45) is 8.10. The normalized spacial score (nSPS) is 18.0. The first-order valence-electron chi connectivity index (χ1n) is 11.5. The van der Waals surface area contributed by atoms with E-state index in [4.69, 9.17) is 0 Å². The van der Waals surface area contributed by atoms with Crippen LogP contribution in [0.25, 0.3) is 0 Å². The molecule has 0 aromatic heterocycles. The lowest BCUT2D eigenvalue weighted by Crippen LogP contribution is -2.50. The van der Waals surface area contributed by atoms with E-state index in [0.29, 0.717) is 0 Å². The molecule has 1 unspecified atom stereocenters. The fourth-order valence-electron chi connectivity index (χ4n) is 5.56. The number of hydrogen-bond donors (Lipinski definition) is 0. The highest BCUT2D eigenvalue weighted by molar-refractivity contribution is 9.09. The first-order chi connectivity index (χ1) is 16.3. The van der Waals surface area contributed by atoms with Gasteiger partial charge >= 0.3 is 0 Å². The van der Waals surface area contributed by atoms with E-state index in [9.17, 15) is 0 Å². The Morgan fingerprint density at radius 1 is 0.606 bits per heavy atom. The molecule has 1 heteroatoms. The fraction of sp³-hybridized carbons (Fsp3) is 0.125. The third-order valence-corrected chi connectivity index (χ3v) is 7.65. The van der Waals surface area contributed by atoms with Crippen molar-refractivity contribution in [2.45, 2.75) is 17.3 Å². The molecule has 0 spiro atoms. The van der Waals surface area contributed by atoms with Gasteiger partial charge in [0.2, 0.25) is 0 Å². The van der Waals surface area contributed by atoms with Crippen molar-refractivity contribution in [1.82, 2.24) is 0 Å². The van der Waals surface area contributed by atoms with Crippen LogP contribution >= 0.6 is 15.9 Å². The molecule has 0 N–H and O–H groups in total. The van der Waals surface area contributed by atoms with Crippen molar-refractivity contribution in [3.05, 3.63) is 167 Å². The van der Waals surface area contributed by atoms with Crippen LogP contribution in [0.3, 0.4) is 0 Å². The molecule has 0 aliphatic heterocycles. The number of benzene rings is 4. The van der Waals surface area contributed by atoms with Gasteiger partial charge in [0, 0.05) is 10.7 Å². The SMILES string of the molecule is BrCC1=CCC(c2ccccc2)(C(c2ccccc2)(c2ccccc2)c2ccccc2)C=C1. The van der Waals surface area contributed by atoms with E-state index in [1.807, 2.05) is 0 Å². The lowest BCUT2D eigenvalue weighted by atomic mass is 9.49. The molecule has 0 saturated carbocycles. The molecule has 1 aliphatic carbocycles. The summed E-state index contributed by atoms with van der Waals surface area (Å²) >= 11 is 3.67. The highest BCUT2D eigenvalue weighted by atomic mass is 79.9. The molecule has 5 rings (SSSR count). The van der Waals surface area contributed by atoms with E-state index in [-0.39, 0.29) is 5.41 Å². The average molecular weight is 491 g/mol. The fourth-order valence-corrected chi connectivity index (χ4v) is 5.97. The first-order valence-corrected chi connectivity index (χ1v) is 12.6. The molecule has 0 saturated heterocycles. The average Bonchev–Trinajstić information content (AvgIpc) is 2.92. The largest absolute Gasteiger partial charge is 0.0876 e. The molecule has 0 heterocycles. The summed E-state index contributed by atoms with van der Waals surface area (Å²) in [5.41, 5.74) is 5.82. The van der Waals surface area contributed by atoms with Crippen molar-refractivity contribution >= 4 is 15.9 Å². The van der Waals surface area contributed by atoms with Gasteiger partial charge in [-0.1, -0.05) is 155 Å². The van der Waals surface area contributed by atoms with E-state index >= 15 is 0 Å². The second-order valence-electron chi connectivity index (χ2n) is 8.64. The van der Waals surface area contributed by atoms with Crippen molar-refractivity contribution in [2.75, 3.05) is 5.33 Å². The third kappa shape index (κ3) is 3.61. The zero-order valence-corrected chi connectivity index (χ0v) is 20.2. The van der Waals surface area contributed by atoms with E-state index in [2.05, 4.69) is 155 Å². The summed E-state index contributed by atoms with van der Waals surface area (Å²) in [4.78, 5) is 0. The number of hydrogen-bond acceptors (Lipinski definition) is 0. The van der Waals surface area contributed by atoms with Crippen molar-refractivity contribution in [3.63, 3.8) is 0 Å². The van der Waals surface area contributed by atoms with Gasteiger partial charge in [-0.05, 0) is 34.2 Å². The smallest absolute Gasteiger partial charge is 0.0585 e. The zero-order chi connectivity index (χ0) is 22.6. The van der Waals surface area contributed by atoms with Crippen molar-refractivity contribution in [2.24, 2.45) is 0 Å². The van der Waals surface area contributed by atoms with Crippen LogP contribution in [-0.4, -0.2) is 5.33 Å². The van der Waals surface area contributed by atoms with Gasteiger partial charge in [0.1, 0.15) is 0 Å². The minimum absolute atomic E-state index is 0.302. The Hall–Kier alpha value is -3.16. The van der Waals surface area contributed by atoms with Gasteiger partial charge in [-0.2, -0.15) is 0 Å². The Labute approximate surface area is 205 Å². The number of rotatable bonds is 6. The molecule has 0 radical (unpaired) electrons. The van der Waals surface area contributed by atoms with Crippen LogP contribution in [0.1, 0.15) is 28.7 Å². The summed E-state index contributed by atoms with van der Waals surface area (Å²) < 4.78 is 0. The van der Waals surface area contributed by atoms with Crippen LogP contribution in [0.5, 0.6) is 0 Å². The lowest BCUT2D eigenvalue weighted by molar-refractivity contribution is 0.369. The van der Waals surface area contributed by atoms with Crippen molar-refractivity contribution in [3.8, 4) is 0 Å². The monoisotopic (exact) mass is 490 g/mol. The maximum absolute atomic E-state index is 3.67. The molecule has 1 atom stereocenters. The molecule has 162 valence electrons. The van der Waals surface area contributed by atoms with Crippen LogP contribution in [-0.2, 0) is 10.8 Å². The van der Waals surface area contributed by atoms with Gasteiger partial charge in [0.15, 0.2) is 0 Å². The van der Waals surface area contributed by atoms with Gasteiger partial charge < -0.3 is 0 Å². The predicted octanol–water partition coefficient (Wildman–Crippen LogP) is 8.24. The van der Waals surface area contributed by atoms with Gasteiger partial charge in [-0.15, -0.1) is 0 Å². The van der Waals surface area contributed by atoms with Crippen LogP contribution in [0.4, 0.5) is 0 Å². The lowest BCUT2D eigenvalue weighted by Gasteiger charge is -2.52. The van der Waals surface area contributed by atoms with E-state index in [1.165, 1.54) is 27.8 Å². The summed E-state index contributed by atoms with van der Waals surface area (Å²) in [5, 5.41) is 0.864. The molecule has 0 nitrogen and oxygen atoms in total. The molecule has 0 bridgehead atoms. The molecule has 1 aliphatic rings. The molecular formula is C32H27Br. The van der Waals surface area contributed by atoms with E-state index in [1.54, 1.807) is 0 Å². The quantitative estimate of drug-likeness (QED) is 0.188. The maximum Gasteiger partial charge on any atom is 0.0585 e. The highest BCUT2D eigenvalue weighted by Crippen LogP contribution is 2.57. The van der Waals surface area contributed by atoms with E-state index < -0.39 is 5.41 Å². The topological polar surface area (TPSA) is 0 Å². The molecular weight excluding hydrogens is 464 g/mol. The Bertz CT molecular complexity index is 1140. The van der Waals surface area contributed by atoms with Crippen molar-refractivity contribution < 1.29 is 0 Å². The van der Waals surface area contributed by atoms with Crippen LogP contribution < -0.4 is 0 Å². The molecule has 0 amide bonds. The highest BCUT2D eigenvalue weighted by Gasteiger charge is 2.54. The van der Waals surface area contributed by atoms with E-state index in [0.717, 1.165) is 11.8 Å². The second-order valence-corrected chi connectivity index (χ2v) is 9.20. The Morgan fingerprint density at radius 2 is 1.03 bits per heavy atom. The Balaban J connectivity index is 1.94. The van der Waals surface area contributed by atoms with Gasteiger partial charge in [-0.25, -0.2) is 0 Å². The molecule has 0 fully saturated rings.